The summed E-state index contributed by atoms with van der Waals surface area (Å²) in [5.74, 6) is -0.159. The lowest BCUT2D eigenvalue weighted by Gasteiger charge is -2.39. The lowest BCUT2D eigenvalue weighted by atomic mass is 9.99. The third kappa shape index (κ3) is 12.1. The Hall–Kier alpha value is -5.07. The zero-order chi connectivity index (χ0) is 52.4. The number of anilines is 3. The maximum absolute atomic E-state index is 14.0. The van der Waals surface area contributed by atoms with Crippen molar-refractivity contribution in [2.45, 2.75) is 107 Å². The molecule has 15 N–H and O–H groups in total. The van der Waals surface area contributed by atoms with Gasteiger partial charge in [0.05, 0.1) is 34.5 Å². The maximum Gasteiger partial charge on any atom is 0.261 e. The fourth-order valence-corrected chi connectivity index (χ4v) is 11.0. The number of rotatable bonds is 18. The van der Waals surface area contributed by atoms with E-state index in [-0.39, 0.29) is 34.3 Å². The van der Waals surface area contributed by atoms with E-state index in [1.807, 2.05) is 0 Å². The quantitative estimate of drug-likeness (QED) is 0.0447. The van der Waals surface area contributed by atoms with Gasteiger partial charge in [-0.2, -0.15) is 0 Å². The maximum atomic E-state index is 14.0. The van der Waals surface area contributed by atoms with Crippen LogP contribution in [0.1, 0.15) is 0 Å². The molecule has 0 amide bonds. The van der Waals surface area contributed by atoms with Gasteiger partial charge in [0.2, 0.25) is 18.9 Å². The van der Waals surface area contributed by atoms with Crippen LogP contribution in [0.4, 0.5) is 17.1 Å². The average Bonchev–Trinajstić information content (AvgIpc) is 3.35. The van der Waals surface area contributed by atoms with Crippen LogP contribution in [0.25, 0.3) is 0 Å². The average molecular weight is 1080 g/mol. The molecule has 3 aliphatic heterocycles. The van der Waals surface area contributed by atoms with E-state index in [0.29, 0.717) is 18.2 Å². The van der Waals surface area contributed by atoms with Crippen molar-refractivity contribution in [1.29, 1.82) is 0 Å². The van der Waals surface area contributed by atoms with Crippen LogP contribution in [0.15, 0.2) is 106 Å². The van der Waals surface area contributed by atoms with Gasteiger partial charge in [0, 0.05) is 17.1 Å². The molecule has 27 nitrogen and oxygen atoms in total. The van der Waals surface area contributed by atoms with Crippen LogP contribution in [-0.2, 0) is 44.3 Å². The van der Waals surface area contributed by atoms with Gasteiger partial charge in [0.1, 0.15) is 90.5 Å². The van der Waals surface area contributed by atoms with Gasteiger partial charge >= 0.3 is 0 Å². The van der Waals surface area contributed by atoms with Crippen LogP contribution in [0.2, 0.25) is 0 Å². The number of hydrogen-bond acceptors (Lipinski definition) is 24. The predicted octanol–water partition coefficient (Wildman–Crippen LogP) is -4.37. The summed E-state index contributed by atoms with van der Waals surface area (Å²) in [5.41, 5.74) is -0.536. The molecule has 0 spiro atoms. The summed E-state index contributed by atoms with van der Waals surface area (Å²) >= 11 is 0. The molecule has 7 rings (SSSR count). The first-order valence-electron chi connectivity index (χ1n) is 21.4. The van der Waals surface area contributed by atoms with Crippen molar-refractivity contribution < 1.29 is 115 Å². The highest BCUT2D eigenvalue weighted by atomic mass is 32.2. The lowest BCUT2D eigenvalue weighted by molar-refractivity contribution is -0.277. The molecule has 15 atom stereocenters. The molecule has 3 heterocycles. The highest BCUT2D eigenvalue weighted by Crippen LogP contribution is 2.32. The smallest absolute Gasteiger partial charge is 0.261 e. The second-order valence-electron chi connectivity index (χ2n) is 16.5. The topological polar surface area (TPSA) is 437 Å². The number of ether oxygens (including phenoxy) is 6. The van der Waals surface area contributed by atoms with E-state index in [4.69, 9.17) is 28.4 Å². The third-order valence-corrected chi connectivity index (χ3v) is 15.5. The van der Waals surface area contributed by atoms with Gasteiger partial charge in [0.15, 0.2) is 0 Å². The summed E-state index contributed by atoms with van der Waals surface area (Å²) in [6.45, 7) is -2.20. The minimum Gasteiger partial charge on any atom is -0.462 e. The Morgan fingerprint density at radius 3 is 0.792 bits per heavy atom. The van der Waals surface area contributed by atoms with E-state index in [2.05, 4.69) is 14.2 Å². The second-order valence-corrected chi connectivity index (χ2v) is 21.5. The number of sulfonamides is 3. The van der Waals surface area contributed by atoms with E-state index < -0.39 is 157 Å². The third-order valence-electron chi connectivity index (χ3n) is 11.4. The molecule has 3 saturated heterocycles. The summed E-state index contributed by atoms with van der Waals surface area (Å²) < 4.78 is 123. The predicted molar refractivity (Wildman–Crippen MR) is 241 cm³/mol. The van der Waals surface area contributed by atoms with E-state index in [9.17, 15) is 86.5 Å². The van der Waals surface area contributed by atoms with Crippen molar-refractivity contribution in [3.05, 3.63) is 91.0 Å². The Labute approximate surface area is 409 Å². The molecule has 0 radical (unpaired) electrons. The van der Waals surface area contributed by atoms with E-state index >= 15 is 0 Å². The van der Waals surface area contributed by atoms with Crippen molar-refractivity contribution >= 4 is 47.1 Å². The lowest BCUT2D eigenvalue weighted by Crippen LogP contribution is -2.60. The Morgan fingerprint density at radius 1 is 0.361 bits per heavy atom. The van der Waals surface area contributed by atoms with Crippen LogP contribution >= 0.6 is 0 Å². The first-order valence-corrected chi connectivity index (χ1v) is 25.9. The zero-order valence-corrected chi connectivity index (χ0v) is 39.4. The van der Waals surface area contributed by atoms with Crippen LogP contribution in [0.5, 0.6) is 17.2 Å². The molecule has 0 unspecified atom stereocenters. The first-order chi connectivity index (χ1) is 33.9. The summed E-state index contributed by atoms with van der Waals surface area (Å²) in [6.07, 6.45) is -24.2. The van der Waals surface area contributed by atoms with Gasteiger partial charge in [-0.1, -0.05) is 0 Å². The molecule has 0 aromatic heterocycles. The van der Waals surface area contributed by atoms with Gasteiger partial charge in [-0.3, -0.25) is 14.2 Å². The second kappa shape index (κ2) is 22.2. The molecule has 30 heteroatoms. The molecule has 0 bridgehead atoms. The molecule has 4 aromatic rings. The minimum atomic E-state index is -4.90. The van der Waals surface area contributed by atoms with Crippen molar-refractivity contribution in [2.24, 2.45) is 0 Å². The molecular weight excluding hydrogens is 1030 g/mol. The fraction of sp³-hybridized carbons (Fsp3) is 0.429. The first kappa shape index (κ1) is 54.7. The molecule has 72 heavy (non-hydrogen) atoms. The van der Waals surface area contributed by atoms with Crippen LogP contribution < -0.4 is 28.4 Å². The van der Waals surface area contributed by atoms with Crippen LogP contribution in [0, 0.1) is 0 Å². The van der Waals surface area contributed by atoms with Gasteiger partial charge < -0.3 is 89.7 Å². The summed E-state index contributed by atoms with van der Waals surface area (Å²) in [4.78, 5) is -2.67. The van der Waals surface area contributed by atoms with E-state index in [1.54, 1.807) is 0 Å². The summed E-state index contributed by atoms with van der Waals surface area (Å²) in [5, 5.41) is 120. The van der Waals surface area contributed by atoms with Crippen molar-refractivity contribution in [3.8, 4) is 17.2 Å². The van der Waals surface area contributed by atoms with Gasteiger partial charge in [-0.15, -0.1) is 0 Å². The standard InChI is InChI=1S/C42H51N3O24S3/c46-16-28-31(49)34(52)37(55)40(67-28)64-22-7-1-19(2-8-22)43-70(58,59)25-13-26(71(60,61)44-20-3-9-23(10-4-20)65-41-38(56)35(53)32(50)29(17-47)68-41)15-27(14-25)72(62,63)45-21-5-11-24(12-6-21)66-42-39(57)36(54)33(51)30(18-48)69-42/h1-15,28-57H,16-18H2/t28-,29-,30-,31-,32-,33-,34+,35+,36+,37-,38-,39-,40-,41-,42-/m1/s1. The number of aliphatic hydroxyl groups excluding tert-OH is 12. The highest BCUT2D eigenvalue weighted by Gasteiger charge is 2.47. The number of aliphatic hydroxyl groups is 12. The van der Waals surface area contributed by atoms with Crippen molar-refractivity contribution in [1.82, 2.24) is 0 Å². The number of hydrogen-bond donors (Lipinski definition) is 15. The van der Waals surface area contributed by atoms with Gasteiger partial charge in [-0.25, -0.2) is 25.3 Å². The molecule has 0 aliphatic carbocycles. The van der Waals surface area contributed by atoms with E-state index in [0.717, 1.165) is 36.4 Å². The number of nitrogens with one attached hydrogen (secondary N) is 3. The molecule has 396 valence electrons. The monoisotopic (exact) mass is 1080 g/mol. The van der Waals surface area contributed by atoms with E-state index in [1.165, 1.54) is 36.4 Å². The number of benzene rings is 4. The SMILES string of the molecule is O=S(=O)(Nc1ccc(O[C@@H]2O[C@H](CO)[C@@H](O)[C@H](O)[C@H]2O)cc1)c1cc(S(=O)(=O)Nc2ccc(O[C@@H]3O[C@H](CO)[C@@H](O)[C@H](O)[C@H]3O)cc2)cc(S(=O)(=O)Nc2ccc(O[C@@H]3O[C@H](CO)[C@@H](O)[C@H](O)[C@H]3O)cc2)c1. The Balaban J connectivity index is 1.13. The molecule has 0 saturated carbocycles. The van der Waals surface area contributed by atoms with Crippen molar-refractivity contribution in [3.63, 3.8) is 0 Å². The Bertz CT molecular complexity index is 2490. The van der Waals surface area contributed by atoms with Crippen LogP contribution in [0.3, 0.4) is 0 Å². The van der Waals surface area contributed by atoms with Crippen LogP contribution in [-0.4, -0.2) is 198 Å². The highest BCUT2D eigenvalue weighted by molar-refractivity contribution is 7.94. The molecule has 4 aromatic carbocycles. The Morgan fingerprint density at radius 2 is 0.583 bits per heavy atom. The molecule has 3 aliphatic rings. The minimum absolute atomic E-state index is 0.0529. The Kier molecular flexibility index (Phi) is 16.9. The zero-order valence-electron chi connectivity index (χ0n) is 36.9. The summed E-state index contributed by atoms with van der Waals surface area (Å²) in [7, 11) is -14.7. The normalized spacial score (nSPS) is 31.2. The van der Waals surface area contributed by atoms with Gasteiger partial charge in [-0.05, 0) is 91.0 Å². The molecular formula is C42H51N3O24S3. The molecule has 3 fully saturated rings. The van der Waals surface area contributed by atoms with Gasteiger partial charge in [0.25, 0.3) is 30.1 Å². The van der Waals surface area contributed by atoms with Crippen molar-refractivity contribution in [2.75, 3.05) is 34.0 Å². The fourth-order valence-electron chi connectivity index (χ4n) is 7.35. The largest absolute Gasteiger partial charge is 0.462 e. The summed E-state index contributed by atoms with van der Waals surface area (Å²) in [6, 6.07) is 16.1.